The van der Waals surface area contributed by atoms with Crippen LogP contribution >= 0.6 is 22.6 Å². The van der Waals surface area contributed by atoms with E-state index in [2.05, 4.69) is 88.6 Å². The highest BCUT2D eigenvalue weighted by molar-refractivity contribution is 14.1. The molecule has 6 rings (SSSR count). The number of anilines is 1. The van der Waals surface area contributed by atoms with Crippen LogP contribution in [0, 0.1) is 9.49 Å². The fourth-order valence-electron chi connectivity index (χ4n) is 5.41. The summed E-state index contributed by atoms with van der Waals surface area (Å²) < 4.78 is 1.32. The lowest BCUT2D eigenvalue weighted by Crippen LogP contribution is -2.29. The zero-order valence-corrected chi connectivity index (χ0v) is 16.7. The Kier molecular flexibility index (Phi) is 3.28. The molecule has 26 heavy (non-hydrogen) atoms. The number of hydrogen-bond donors (Lipinski definition) is 1. The molecule has 1 aliphatic heterocycles. The number of fused-ring (bicyclic) bond motifs is 3. The van der Waals surface area contributed by atoms with Crippen molar-refractivity contribution < 1.29 is 0 Å². The molecule has 1 nitrogen and oxygen atoms in total. The molecule has 1 N–H and O–H groups in total. The first-order valence-electron chi connectivity index (χ1n) is 9.55. The van der Waals surface area contributed by atoms with Crippen LogP contribution in [-0.4, -0.2) is 0 Å². The van der Waals surface area contributed by atoms with Gasteiger partial charge in [0.15, 0.2) is 0 Å². The third kappa shape index (κ3) is 2.08. The number of nitrogens with one attached hydrogen (secondary N) is 1. The molecule has 0 spiro atoms. The molecule has 3 aliphatic rings. The summed E-state index contributed by atoms with van der Waals surface area (Å²) in [6.07, 6.45) is 8.38. The molecule has 2 aliphatic carbocycles. The highest BCUT2D eigenvalue weighted by Gasteiger charge is 2.38. The average molecular weight is 449 g/mol. The number of rotatable bonds is 1. The topological polar surface area (TPSA) is 12.0 Å². The van der Waals surface area contributed by atoms with Gasteiger partial charge in [0.05, 0.1) is 6.04 Å². The summed E-state index contributed by atoms with van der Waals surface area (Å²) in [5.74, 6) is 1.15. The zero-order valence-electron chi connectivity index (χ0n) is 14.5. The molecule has 2 heteroatoms. The standard InChI is InChI=1S/C24H20IN/c25-16-10-12-22-21(13-16)17-4-2-6-19(17)24(26-22)20-11-9-15-8-7-14-3-1-5-18(20)23(14)15/h1-5,9-13,17,19,24,26H,6-8H2. The van der Waals surface area contributed by atoms with Crippen LogP contribution in [0.4, 0.5) is 5.69 Å². The van der Waals surface area contributed by atoms with Gasteiger partial charge in [-0.2, -0.15) is 0 Å². The molecule has 0 amide bonds. The Morgan fingerprint density at radius 1 is 0.923 bits per heavy atom. The molecule has 3 aromatic carbocycles. The summed E-state index contributed by atoms with van der Waals surface area (Å²) in [6, 6.07) is 18.9. The van der Waals surface area contributed by atoms with Gasteiger partial charge in [0.25, 0.3) is 0 Å². The van der Waals surface area contributed by atoms with Crippen LogP contribution in [0.5, 0.6) is 0 Å². The Labute approximate surface area is 167 Å². The van der Waals surface area contributed by atoms with E-state index in [1.54, 1.807) is 0 Å². The van der Waals surface area contributed by atoms with Crippen molar-refractivity contribution in [3.8, 4) is 0 Å². The number of hydrogen-bond acceptors (Lipinski definition) is 1. The van der Waals surface area contributed by atoms with Crippen LogP contribution in [-0.2, 0) is 12.8 Å². The zero-order chi connectivity index (χ0) is 17.3. The Hall–Kier alpha value is -1.81. The monoisotopic (exact) mass is 449 g/mol. The number of benzene rings is 3. The second-order valence-electron chi connectivity index (χ2n) is 7.86. The molecule has 128 valence electrons. The van der Waals surface area contributed by atoms with Crippen LogP contribution in [0.1, 0.15) is 40.6 Å². The molecule has 0 fully saturated rings. The van der Waals surface area contributed by atoms with Crippen molar-refractivity contribution >= 4 is 39.1 Å². The fraction of sp³-hybridized carbons (Fsp3) is 0.250. The largest absolute Gasteiger partial charge is 0.378 e. The summed E-state index contributed by atoms with van der Waals surface area (Å²) in [5.41, 5.74) is 7.33. The van der Waals surface area contributed by atoms with Gasteiger partial charge in [0.1, 0.15) is 0 Å². The summed E-state index contributed by atoms with van der Waals surface area (Å²) >= 11 is 2.43. The molecule has 3 aromatic rings. The van der Waals surface area contributed by atoms with Crippen molar-refractivity contribution in [3.63, 3.8) is 0 Å². The first-order chi connectivity index (χ1) is 12.8. The van der Waals surface area contributed by atoms with E-state index in [1.807, 2.05) is 0 Å². The molecule has 0 radical (unpaired) electrons. The van der Waals surface area contributed by atoms with E-state index in [4.69, 9.17) is 0 Å². The van der Waals surface area contributed by atoms with Gasteiger partial charge >= 0.3 is 0 Å². The van der Waals surface area contributed by atoms with E-state index in [9.17, 15) is 0 Å². The predicted octanol–water partition coefficient (Wildman–Crippen LogP) is 6.37. The molecule has 0 saturated carbocycles. The Bertz CT molecular complexity index is 1070. The van der Waals surface area contributed by atoms with Crippen molar-refractivity contribution in [1.29, 1.82) is 0 Å². The van der Waals surface area contributed by atoms with E-state index in [-0.39, 0.29) is 0 Å². The van der Waals surface area contributed by atoms with Gasteiger partial charge in [-0.15, -0.1) is 0 Å². The van der Waals surface area contributed by atoms with Gasteiger partial charge in [-0.25, -0.2) is 0 Å². The lowest BCUT2D eigenvalue weighted by Gasteiger charge is -2.38. The maximum atomic E-state index is 3.92. The molecule has 0 saturated heterocycles. The minimum Gasteiger partial charge on any atom is -0.378 e. The maximum Gasteiger partial charge on any atom is 0.0560 e. The van der Waals surface area contributed by atoms with Gasteiger partial charge in [0.2, 0.25) is 0 Å². The van der Waals surface area contributed by atoms with E-state index in [0.717, 1.165) is 6.42 Å². The van der Waals surface area contributed by atoms with E-state index >= 15 is 0 Å². The molecule has 0 bridgehead atoms. The number of halogens is 1. The second-order valence-corrected chi connectivity index (χ2v) is 9.11. The Morgan fingerprint density at radius 3 is 2.73 bits per heavy atom. The molecular weight excluding hydrogens is 429 g/mol. The molecular formula is C24H20IN. The third-order valence-corrected chi connectivity index (χ3v) is 7.24. The van der Waals surface area contributed by atoms with Crippen LogP contribution in [0.25, 0.3) is 10.8 Å². The predicted molar refractivity (Wildman–Crippen MR) is 117 cm³/mol. The molecule has 3 atom stereocenters. The Morgan fingerprint density at radius 2 is 1.81 bits per heavy atom. The highest BCUT2D eigenvalue weighted by atomic mass is 127. The van der Waals surface area contributed by atoms with Gasteiger partial charge in [0, 0.05) is 15.2 Å². The fourth-order valence-corrected chi connectivity index (χ4v) is 5.93. The number of allylic oxidation sites excluding steroid dienone is 2. The third-order valence-electron chi connectivity index (χ3n) is 6.57. The van der Waals surface area contributed by atoms with E-state index in [0.29, 0.717) is 17.9 Å². The van der Waals surface area contributed by atoms with Crippen LogP contribution in [0.2, 0.25) is 0 Å². The van der Waals surface area contributed by atoms with Crippen LogP contribution in [0.15, 0.2) is 60.7 Å². The smallest absolute Gasteiger partial charge is 0.0560 e. The van der Waals surface area contributed by atoms with Crippen LogP contribution < -0.4 is 5.32 Å². The Balaban J connectivity index is 1.55. The minimum absolute atomic E-state index is 0.382. The summed E-state index contributed by atoms with van der Waals surface area (Å²) in [5, 5.41) is 6.92. The van der Waals surface area contributed by atoms with Gasteiger partial charge in [-0.1, -0.05) is 42.5 Å². The molecule has 3 unspecified atom stereocenters. The van der Waals surface area contributed by atoms with E-state index in [1.165, 1.54) is 55.1 Å². The molecule has 0 aromatic heterocycles. The first kappa shape index (κ1) is 15.3. The normalized spacial score (nSPS) is 25.2. The summed E-state index contributed by atoms with van der Waals surface area (Å²) in [4.78, 5) is 0. The quantitative estimate of drug-likeness (QED) is 0.336. The SMILES string of the molecule is Ic1ccc2c(c1)C1C=CCC1C(c1ccc3c4c(cccc14)CC3)N2. The second kappa shape index (κ2) is 5.59. The number of aryl methyl sites for hydroxylation is 2. The van der Waals surface area contributed by atoms with Gasteiger partial charge < -0.3 is 5.32 Å². The lowest BCUT2D eigenvalue weighted by atomic mass is 9.76. The summed E-state index contributed by atoms with van der Waals surface area (Å²) in [7, 11) is 0. The van der Waals surface area contributed by atoms with Crippen LogP contribution in [0.3, 0.4) is 0 Å². The van der Waals surface area contributed by atoms with Crippen molar-refractivity contribution in [2.75, 3.05) is 5.32 Å². The van der Waals surface area contributed by atoms with E-state index < -0.39 is 0 Å². The molecule has 1 heterocycles. The van der Waals surface area contributed by atoms with Crippen molar-refractivity contribution in [3.05, 3.63) is 86.5 Å². The highest BCUT2D eigenvalue weighted by Crippen LogP contribution is 2.51. The van der Waals surface area contributed by atoms with Gasteiger partial charge in [-0.05, 0) is 99.0 Å². The average Bonchev–Trinajstić information content (AvgIpc) is 3.31. The van der Waals surface area contributed by atoms with Crippen molar-refractivity contribution in [2.45, 2.75) is 31.2 Å². The maximum absolute atomic E-state index is 3.92. The van der Waals surface area contributed by atoms with Crippen molar-refractivity contribution in [2.24, 2.45) is 5.92 Å². The van der Waals surface area contributed by atoms with Gasteiger partial charge in [-0.3, -0.25) is 0 Å². The minimum atomic E-state index is 0.382. The lowest BCUT2D eigenvalue weighted by molar-refractivity contribution is 0.427. The first-order valence-corrected chi connectivity index (χ1v) is 10.6. The summed E-state index contributed by atoms with van der Waals surface area (Å²) in [6.45, 7) is 0. The van der Waals surface area contributed by atoms with Crippen molar-refractivity contribution in [1.82, 2.24) is 0 Å².